The molecule has 3 aromatic heterocycles. The smallest absolute Gasteiger partial charge is 0.121 e. The summed E-state index contributed by atoms with van der Waals surface area (Å²) in [6.45, 7) is 6.60. The molecule has 0 fully saturated rings. The van der Waals surface area contributed by atoms with Crippen LogP contribution in [-0.4, -0.2) is 9.97 Å². The second-order valence-corrected chi connectivity index (χ2v) is 13.3. The van der Waals surface area contributed by atoms with Crippen molar-refractivity contribution in [3.63, 3.8) is 0 Å². The van der Waals surface area contributed by atoms with Crippen molar-refractivity contribution in [1.29, 1.82) is 0 Å². The van der Waals surface area contributed by atoms with Gasteiger partial charge in [0.2, 0.25) is 0 Å². The van der Waals surface area contributed by atoms with Gasteiger partial charge in [0.15, 0.2) is 0 Å². The molecule has 0 saturated heterocycles. The average Bonchev–Trinajstić information content (AvgIpc) is 3.58. The van der Waals surface area contributed by atoms with Gasteiger partial charge in [-0.15, -0.1) is 59.7 Å². The first-order valence-corrected chi connectivity index (χ1v) is 17.2. The monoisotopic (exact) mass is 849 g/mol. The molecular weight excluding hydrogens is 813 g/mol. The molecule has 4 heteroatoms. The number of benzene rings is 6. The second-order valence-electron chi connectivity index (χ2n) is 13.3. The molecule has 0 atom stereocenters. The van der Waals surface area contributed by atoms with Gasteiger partial charge in [-0.25, -0.2) is 0 Å². The van der Waals surface area contributed by atoms with Crippen LogP contribution in [0.4, 0.5) is 0 Å². The van der Waals surface area contributed by atoms with E-state index in [1.54, 1.807) is 0 Å². The Morgan fingerprint density at radius 2 is 1.33 bits per heavy atom. The van der Waals surface area contributed by atoms with Crippen LogP contribution in [-0.2, 0) is 25.5 Å². The number of aromatic nitrogens is 2. The molecule has 52 heavy (non-hydrogen) atoms. The maximum absolute atomic E-state index is 6.14. The number of fused-ring (bicyclic) bond motifs is 5. The quantitative estimate of drug-likeness (QED) is 0.162. The minimum Gasteiger partial charge on any atom is -0.500 e. The number of furan rings is 1. The third-order valence-corrected chi connectivity index (χ3v) is 9.72. The fourth-order valence-electron chi connectivity index (χ4n) is 6.78. The van der Waals surface area contributed by atoms with Crippen LogP contribution in [0.25, 0.3) is 66.4 Å². The average molecular weight is 849 g/mol. The molecule has 3 nitrogen and oxygen atoms in total. The van der Waals surface area contributed by atoms with Crippen molar-refractivity contribution < 1.29 is 24.5 Å². The molecule has 255 valence electrons. The van der Waals surface area contributed by atoms with Crippen molar-refractivity contribution in [3.05, 3.63) is 193 Å². The topological polar surface area (TPSA) is 38.9 Å². The van der Waals surface area contributed by atoms with Crippen molar-refractivity contribution >= 4 is 32.7 Å². The van der Waals surface area contributed by atoms with Gasteiger partial charge in [-0.3, -0.25) is 0 Å². The minimum absolute atomic E-state index is 0. The molecule has 9 aromatic rings. The van der Waals surface area contributed by atoms with Gasteiger partial charge < -0.3 is 14.4 Å². The molecule has 0 aliphatic heterocycles. The van der Waals surface area contributed by atoms with Gasteiger partial charge in [0.1, 0.15) is 5.58 Å². The van der Waals surface area contributed by atoms with Crippen LogP contribution in [0.3, 0.4) is 0 Å². The van der Waals surface area contributed by atoms with Gasteiger partial charge in [-0.05, 0) is 69.0 Å². The number of hydrogen-bond donors (Lipinski definition) is 0. The number of rotatable bonds is 5. The minimum atomic E-state index is -0.123. The Balaban J connectivity index is 0.000000180. The van der Waals surface area contributed by atoms with Gasteiger partial charge in [-0.1, -0.05) is 122 Å². The Kier molecular flexibility index (Phi) is 9.96. The van der Waals surface area contributed by atoms with E-state index >= 15 is 0 Å². The van der Waals surface area contributed by atoms with Gasteiger partial charge in [0.25, 0.3) is 0 Å². The molecule has 0 bridgehead atoms. The SMILES string of the molecule is CC(C)(c1ccccc1)c1ccnc(-c2[c-]cc3oc4ccc5ccccc5c4c3c2)c1.Cc1cnc(-c2[c-]cccc2)cc1-c1ccccc1.[Ir]. The third-order valence-electron chi connectivity index (χ3n) is 9.72. The molecular formula is C48H36IrN2O-2. The number of pyridine rings is 2. The van der Waals surface area contributed by atoms with Crippen LogP contribution < -0.4 is 0 Å². The summed E-state index contributed by atoms with van der Waals surface area (Å²) in [4.78, 5) is 9.19. The van der Waals surface area contributed by atoms with E-state index in [2.05, 4.69) is 158 Å². The number of hydrogen-bond acceptors (Lipinski definition) is 3. The normalized spacial score (nSPS) is 11.2. The summed E-state index contributed by atoms with van der Waals surface area (Å²) >= 11 is 0. The summed E-state index contributed by atoms with van der Waals surface area (Å²) in [5.41, 5.74) is 11.6. The van der Waals surface area contributed by atoms with E-state index in [0.717, 1.165) is 44.5 Å². The van der Waals surface area contributed by atoms with Crippen LogP contribution in [0.15, 0.2) is 168 Å². The summed E-state index contributed by atoms with van der Waals surface area (Å²) in [5.74, 6) is 0. The van der Waals surface area contributed by atoms with E-state index in [4.69, 9.17) is 4.42 Å². The predicted octanol–water partition coefficient (Wildman–Crippen LogP) is 12.4. The van der Waals surface area contributed by atoms with Crippen molar-refractivity contribution in [2.75, 3.05) is 0 Å². The summed E-state index contributed by atoms with van der Waals surface area (Å²) in [5, 5.41) is 4.66. The first kappa shape index (κ1) is 34.8. The van der Waals surface area contributed by atoms with E-state index in [-0.39, 0.29) is 25.5 Å². The molecule has 0 spiro atoms. The maximum atomic E-state index is 6.14. The van der Waals surface area contributed by atoms with Crippen LogP contribution >= 0.6 is 0 Å². The van der Waals surface area contributed by atoms with E-state index < -0.39 is 0 Å². The van der Waals surface area contributed by atoms with Gasteiger partial charge in [0, 0.05) is 43.3 Å². The number of nitrogens with zero attached hydrogens (tertiary/aromatic N) is 2. The van der Waals surface area contributed by atoms with Gasteiger partial charge >= 0.3 is 0 Å². The molecule has 9 rings (SSSR count). The van der Waals surface area contributed by atoms with Gasteiger partial charge in [0.05, 0.1) is 5.58 Å². The third kappa shape index (κ3) is 6.84. The van der Waals surface area contributed by atoms with Crippen LogP contribution in [0.2, 0.25) is 0 Å². The Labute approximate surface area is 318 Å². The zero-order valence-electron chi connectivity index (χ0n) is 29.2. The van der Waals surface area contributed by atoms with Crippen molar-refractivity contribution in [1.82, 2.24) is 9.97 Å². The zero-order chi connectivity index (χ0) is 34.8. The fraction of sp³-hybridized carbons (Fsp3) is 0.0833. The maximum Gasteiger partial charge on any atom is 0.121 e. The molecule has 0 unspecified atom stereocenters. The van der Waals surface area contributed by atoms with E-state index in [9.17, 15) is 0 Å². The van der Waals surface area contributed by atoms with Crippen molar-refractivity contribution in [3.8, 4) is 33.6 Å². The Morgan fingerprint density at radius 1 is 0.596 bits per heavy atom. The van der Waals surface area contributed by atoms with Crippen LogP contribution in [0, 0.1) is 19.1 Å². The van der Waals surface area contributed by atoms with E-state index in [1.807, 2.05) is 48.8 Å². The predicted molar refractivity (Wildman–Crippen MR) is 211 cm³/mol. The fourth-order valence-corrected chi connectivity index (χ4v) is 6.78. The number of aryl methyl sites for hydroxylation is 1. The van der Waals surface area contributed by atoms with E-state index in [0.29, 0.717) is 0 Å². The molecule has 0 N–H and O–H groups in total. The first-order valence-electron chi connectivity index (χ1n) is 17.2. The van der Waals surface area contributed by atoms with Crippen LogP contribution in [0.1, 0.15) is 30.5 Å². The molecule has 0 amide bonds. The summed E-state index contributed by atoms with van der Waals surface area (Å²) in [7, 11) is 0. The summed E-state index contributed by atoms with van der Waals surface area (Å²) in [6, 6.07) is 58.7. The van der Waals surface area contributed by atoms with Crippen molar-refractivity contribution in [2.24, 2.45) is 0 Å². The Bertz CT molecular complexity index is 2610. The Morgan fingerprint density at radius 3 is 2.12 bits per heavy atom. The molecule has 0 aliphatic carbocycles. The molecule has 6 aromatic carbocycles. The Hall–Kier alpha value is -5.67. The molecule has 1 radical (unpaired) electrons. The molecule has 3 heterocycles. The van der Waals surface area contributed by atoms with Gasteiger partial charge in [-0.2, -0.15) is 0 Å². The van der Waals surface area contributed by atoms with E-state index in [1.165, 1.54) is 38.6 Å². The zero-order valence-corrected chi connectivity index (χ0v) is 31.6. The van der Waals surface area contributed by atoms with Crippen molar-refractivity contribution in [2.45, 2.75) is 26.2 Å². The largest absolute Gasteiger partial charge is 0.500 e. The summed E-state index contributed by atoms with van der Waals surface area (Å²) < 4.78 is 6.14. The first-order chi connectivity index (χ1) is 25.0. The standard InChI is InChI=1S/C30H22NO.C18H14N.Ir/c1-30(2,22-9-4-3-5-10-22)23-16-17-31-26(19-23)21-13-14-27-25(18-21)29-24-11-7-6-8-20(24)12-15-28(29)32-27;1-14-13-19-18(16-10-6-3-7-11-16)12-17(14)15-8-4-2-5-9-15;/h3-12,14-19H,1-2H3;2-10,12-13H,1H3;/q2*-1;. The molecule has 0 saturated carbocycles. The summed E-state index contributed by atoms with van der Waals surface area (Å²) in [6.07, 6.45) is 3.83. The molecule has 0 aliphatic rings. The van der Waals surface area contributed by atoms with Crippen LogP contribution in [0.5, 0.6) is 0 Å². The second kappa shape index (κ2) is 14.9.